The van der Waals surface area contributed by atoms with Crippen LogP contribution in [0.4, 0.5) is 8.78 Å². The third kappa shape index (κ3) is 3.00. The van der Waals surface area contributed by atoms with Crippen molar-refractivity contribution in [3.05, 3.63) is 58.6 Å². The van der Waals surface area contributed by atoms with Crippen LogP contribution in [0.15, 0.2) is 36.4 Å². The molecule has 20 heavy (non-hydrogen) atoms. The molecular formula is C16H14ClF2N. The average molecular weight is 294 g/mol. The number of benzene rings is 2. The molecule has 0 radical (unpaired) electrons. The van der Waals surface area contributed by atoms with Crippen molar-refractivity contribution in [3.63, 3.8) is 0 Å². The van der Waals surface area contributed by atoms with Crippen LogP contribution >= 0.6 is 11.6 Å². The van der Waals surface area contributed by atoms with Gasteiger partial charge in [0.2, 0.25) is 0 Å². The van der Waals surface area contributed by atoms with Gasteiger partial charge in [-0.15, -0.1) is 0 Å². The Bertz CT molecular complexity index is 638. The minimum Gasteiger partial charge on any atom is -0.310 e. The highest BCUT2D eigenvalue weighted by atomic mass is 35.5. The van der Waals surface area contributed by atoms with E-state index in [0.717, 1.165) is 16.7 Å². The first kappa shape index (κ1) is 13.5. The molecule has 104 valence electrons. The topological polar surface area (TPSA) is 12.0 Å². The highest BCUT2D eigenvalue weighted by molar-refractivity contribution is 6.33. The van der Waals surface area contributed by atoms with Crippen LogP contribution < -0.4 is 5.32 Å². The molecule has 0 unspecified atom stereocenters. The number of nitrogens with one attached hydrogen (secondary N) is 1. The van der Waals surface area contributed by atoms with Crippen LogP contribution in [-0.4, -0.2) is 6.04 Å². The summed E-state index contributed by atoms with van der Waals surface area (Å²) in [7, 11) is 0. The van der Waals surface area contributed by atoms with Crippen LogP contribution in [0.25, 0.3) is 11.1 Å². The lowest BCUT2D eigenvalue weighted by molar-refractivity contribution is 0.620. The lowest BCUT2D eigenvalue weighted by atomic mass is 9.99. The zero-order chi connectivity index (χ0) is 14.1. The summed E-state index contributed by atoms with van der Waals surface area (Å²) in [4.78, 5) is 0. The first-order valence-electron chi connectivity index (χ1n) is 6.61. The van der Waals surface area contributed by atoms with Gasteiger partial charge >= 0.3 is 0 Å². The molecule has 0 bridgehead atoms. The Balaban J connectivity index is 1.97. The summed E-state index contributed by atoms with van der Waals surface area (Å²) in [6.07, 6.45) is 2.34. The van der Waals surface area contributed by atoms with Crippen molar-refractivity contribution >= 4 is 11.6 Å². The van der Waals surface area contributed by atoms with Crippen molar-refractivity contribution < 1.29 is 8.78 Å². The number of halogens is 3. The van der Waals surface area contributed by atoms with Crippen molar-refractivity contribution in [1.82, 2.24) is 5.32 Å². The Morgan fingerprint density at radius 2 is 1.65 bits per heavy atom. The highest BCUT2D eigenvalue weighted by Crippen LogP contribution is 2.32. The minimum absolute atomic E-state index is 0.278. The van der Waals surface area contributed by atoms with Crippen molar-refractivity contribution in [2.24, 2.45) is 0 Å². The molecule has 0 spiro atoms. The first-order valence-corrected chi connectivity index (χ1v) is 6.98. The molecule has 0 amide bonds. The van der Waals surface area contributed by atoms with E-state index in [1.54, 1.807) is 12.1 Å². The number of rotatable bonds is 4. The lowest BCUT2D eigenvalue weighted by Gasteiger charge is -2.12. The van der Waals surface area contributed by atoms with Crippen molar-refractivity contribution in [3.8, 4) is 11.1 Å². The molecule has 1 saturated carbocycles. The van der Waals surface area contributed by atoms with Gasteiger partial charge in [0.05, 0.1) is 5.02 Å². The van der Waals surface area contributed by atoms with Gasteiger partial charge in [-0.05, 0) is 54.3 Å². The zero-order valence-electron chi connectivity index (χ0n) is 10.8. The molecule has 0 aromatic heterocycles. The smallest absolute Gasteiger partial charge is 0.124 e. The van der Waals surface area contributed by atoms with Crippen LogP contribution in [0.2, 0.25) is 5.02 Å². The summed E-state index contributed by atoms with van der Waals surface area (Å²) in [5, 5.41) is 3.69. The molecule has 0 saturated heterocycles. The van der Waals surface area contributed by atoms with Gasteiger partial charge in [0, 0.05) is 18.2 Å². The molecule has 0 aliphatic heterocycles. The maximum Gasteiger partial charge on any atom is 0.124 e. The molecule has 1 aliphatic carbocycles. The van der Waals surface area contributed by atoms with Gasteiger partial charge in [-0.2, -0.15) is 0 Å². The van der Waals surface area contributed by atoms with Gasteiger partial charge in [-0.3, -0.25) is 0 Å². The summed E-state index contributed by atoms with van der Waals surface area (Å²) < 4.78 is 26.6. The van der Waals surface area contributed by atoms with E-state index in [-0.39, 0.29) is 11.6 Å². The fourth-order valence-electron chi connectivity index (χ4n) is 2.22. The van der Waals surface area contributed by atoms with E-state index in [1.807, 2.05) is 0 Å². The van der Waals surface area contributed by atoms with Crippen molar-refractivity contribution in [1.29, 1.82) is 0 Å². The molecule has 2 aromatic rings. The summed E-state index contributed by atoms with van der Waals surface area (Å²) in [5.41, 5.74) is 2.40. The van der Waals surface area contributed by atoms with E-state index >= 15 is 0 Å². The summed E-state index contributed by atoms with van der Waals surface area (Å²) in [6.45, 7) is 0.589. The third-order valence-corrected chi connectivity index (χ3v) is 3.76. The highest BCUT2D eigenvalue weighted by Gasteiger charge is 2.21. The van der Waals surface area contributed by atoms with Gasteiger partial charge in [-0.1, -0.05) is 17.7 Å². The standard InChI is InChI=1S/C16H14ClF2N/c17-16-8-12(19)2-6-15(16)14-5-1-11(18)7-10(14)9-20-13-3-4-13/h1-2,5-8,13,20H,3-4,9H2. The van der Waals surface area contributed by atoms with Crippen molar-refractivity contribution in [2.45, 2.75) is 25.4 Å². The Kier molecular flexibility index (Phi) is 3.72. The van der Waals surface area contributed by atoms with Gasteiger partial charge in [0.25, 0.3) is 0 Å². The first-order chi connectivity index (χ1) is 9.63. The van der Waals surface area contributed by atoms with Crippen LogP contribution in [-0.2, 0) is 6.54 Å². The number of hydrogen-bond acceptors (Lipinski definition) is 1. The fraction of sp³-hybridized carbons (Fsp3) is 0.250. The molecule has 0 heterocycles. The maximum atomic E-state index is 13.4. The molecule has 0 atom stereocenters. The molecule has 3 rings (SSSR count). The van der Waals surface area contributed by atoms with E-state index in [9.17, 15) is 8.78 Å². The van der Waals surface area contributed by atoms with E-state index < -0.39 is 0 Å². The molecule has 1 N–H and O–H groups in total. The Hall–Kier alpha value is -1.45. The molecule has 4 heteroatoms. The van der Waals surface area contributed by atoms with E-state index in [2.05, 4.69) is 5.32 Å². The van der Waals surface area contributed by atoms with Crippen LogP contribution in [0.5, 0.6) is 0 Å². The van der Waals surface area contributed by atoms with Gasteiger partial charge < -0.3 is 5.32 Å². The second-order valence-corrected chi connectivity index (χ2v) is 5.49. The molecule has 1 aliphatic rings. The van der Waals surface area contributed by atoms with Gasteiger partial charge in [-0.25, -0.2) is 8.78 Å². The second-order valence-electron chi connectivity index (χ2n) is 5.08. The zero-order valence-corrected chi connectivity index (χ0v) is 11.6. The predicted molar refractivity (Wildman–Crippen MR) is 76.7 cm³/mol. The van der Waals surface area contributed by atoms with Gasteiger partial charge in [0.1, 0.15) is 11.6 Å². The molecule has 1 nitrogen and oxygen atoms in total. The Labute approximate surface area is 121 Å². The monoisotopic (exact) mass is 293 g/mol. The SMILES string of the molecule is Fc1ccc(-c2ccc(F)cc2CNC2CC2)c(Cl)c1. The quantitative estimate of drug-likeness (QED) is 0.873. The maximum absolute atomic E-state index is 13.4. The van der Waals surface area contributed by atoms with Crippen LogP contribution in [0, 0.1) is 11.6 Å². The second kappa shape index (κ2) is 5.51. The Morgan fingerprint density at radius 3 is 2.30 bits per heavy atom. The summed E-state index contributed by atoms with van der Waals surface area (Å²) >= 11 is 6.10. The average Bonchev–Trinajstić information content (AvgIpc) is 3.21. The van der Waals surface area contributed by atoms with E-state index in [1.165, 1.54) is 37.1 Å². The summed E-state index contributed by atoms with van der Waals surface area (Å²) in [6, 6.07) is 9.40. The van der Waals surface area contributed by atoms with Crippen molar-refractivity contribution in [2.75, 3.05) is 0 Å². The molecule has 1 fully saturated rings. The fourth-order valence-corrected chi connectivity index (χ4v) is 2.49. The van der Waals surface area contributed by atoms with Crippen LogP contribution in [0.3, 0.4) is 0 Å². The van der Waals surface area contributed by atoms with E-state index in [0.29, 0.717) is 17.6 Å². The predicted octanol–water partition coefficient (Wildman–Crippen LogP) is 4.54. The lowest BCUT2D eigenvalue weighted by Crippen LogP contribution is -2.16. The largest absolute Gasteiger partial charge is 0.310 e. The minimum atomic E-state index is -0.376. The van der Waals surface area contributed by atoms with Crippen LogP contribution in [0.1, 0.15) is 18.4 Å². The normalized spacial score (nSPS) is 14.6. The van der Waals surface area contributed by atoms with E-state index in [4.69, 9.17) is 11.6 Å². The summed E-state index contributed by atoms with van der Waals surface area (Å²) in [5.74, 6) is -0.655. The third-order valence-electron chi connectivity index (χ3n) is 3.45. The molecular weight excluding hydrogens is 280 g/mol. The van der Waals surface area contributed by atoms with Gasteiger partial charge in [0.15, 0.2) is 0 Å². The molecule has 2 aromatic carbocycles. The Morgan fingerprint density at radius 1 is 1.00 bits per heavy atom. The number of hydrogen-bond donors (Lipinski definition) is 1.